The first-order valence-electron chi connectivity index (χ1n) is 8.06. The molecular weight excluding hydrogens is 282 g/mol. The van der Waals surface area contributed by atoms with Gasteiger partial charge in [0.1, 0.15) is 5.75 Å². The Morgan fingerprint density at radius 3 is 2.67 bits per heavy atom. The van der Waals surface area contributed by atoms with Gasteiger partial charge in [-0.05, 0) is 61.1 Å². The lowest BCUT2D eigenvalue weighted by Crippen LogP contribution is -2.45. The van der Waals surface area contributed by atoms with Crippen LogP contribution in [-0.2, 0) is 0 Å². The second-order valence-electron chi connectivity index (χ2n) is 7.57. The minimum atomic E-state index is 0.345. The number of ether oxygens (including phenoxy) is 1. The van der Waals surface area contributed by atoms with Crippen LogP contribution in [0.3, 0.4) is 0 Å². The first-order valence-corrected chi connectivity index (χ1v) is 8.43. The van der Waals surface area contributed by atoms with Crippen LogP contribution in [-0.4, -0.2) is 12.6 Å². The van der Waals surface area contributed by atoms with Crippen LogP contribution in [0, 0.1) is 16.7 Å². The molecule has 3 rings (SSSR count). The maximum atomic E-state index is 6.31. The van der Waals surface area contributed by atoms with Gasteiger partial charge in [0.25, 0.3) is 0 Å². The van der Waals surface area contributed by atoms with Crippen molar-refractivity contribution in [3.05, 3.63) is 23.2 Å². The average molecular weight is 308 g/mol. The summed E-state index contributed by atoms with van der Waals surface area (Å²) in [6, 6.07) is 6.56. The van der Waals surface area contributed by atoms with Crippen molar-refractivity contribution in [2.24, 2.45) is 16.7 Å². The van der Waals surface area contributed by atoms with E-state index >= 15 is 0 Å². The maximum absolute atomic E-state index is 6.31. The van der Waals surface area contributed by atoms with Crippen molar-refractivity contribution in [1.29, 1.82) is 0 Å². The van der Waals surface area contributed by atoms with Gasteiger partial charge < -0.3 is 10.1 Å². The Bertz CT molecular complexity index is 537. The molecular formula is C18H26ClNO. The summed E-state index contributed by atoms with van der Waals surface area (Å²) in [5.74, 6) is 1.61. The van der Waals surface area contributed by atoms with Crippen LogP contribution in [0.4, 0.5) is 5.69 Å². The lowest BCUT2D eigenvalue weighted by Gasteiger charge is -2.43. The van der Waals surface area contributed by atoms with Gasteiger partial charge in [0.05, 0.1) is 11.6 Å². The Hall–Kier alpha value is -0.890. The van der Waals surface area contributed by atoms with Crippen LogP contribution < -0.4 is 10.1 Å². The number of benzene rings is 1. The summed E-state index contributed by atoms with van der Waals surface area (Å²) in [5, 5.41) is 4.46. The van der Waals surface area contributed by atoms with E-state index in [9.17, 15) is 0 Å². The molecule has 2 saturated carbocycles. The van der Waals surface area contributed by atoms with Gasteiger partial charge in [0, 0.05) is 11.7 Å². The van der Waals surface area contributed by atoms with Crippen LogP contribution in [0.5, 0.6) is 5.75 Å². The van der Waals surface area contributed by atoms with Gasteiger partial charge in [0.2, 0.25) is 0 Å². The highest BCUT2D eigenvalue weighted by atomic mass is 35.5. The average Bonchev–Trinajstić information content (AvgIpc) is 2.89. The normalized spacial score (nSPS) is 33.2. The van der Waals surface area contributed by atoms with Crippen molar-refractivity contribution in [2.45, 2.75) is 53.0 Å². The molecule has 3 unspecified atom stereocenters. The van der Waals surface area contributed by atoms with Crippen molar-refractivity contribution in [2.75, 3.05) is 11.9 Å². The zero-order chi connectivity index (χ0) is 15.3. The molecule has 0 amide bonds. The predicted octanol–water partition coefficient (Wildman–Crippen LogP) is 5.37. The molecule has 21 heavy (non-hydrogen) atoms. The van der Waals surface area contributed by atoms with E-state index in [2.05, 4.69) is 32.2 Å². The summed E-state index contributed by atoms with van der Waals surface area (Å²) >= 11 is 6.31. The summed E-state index contributed by atoms with van der Waals surface area (Å²) in [4.78, 5) is 0. The third-order valence-electron chi connectivity index (χ3n) is 5.81. The quantitative estimate of drug-likeness (QED) is 0.808. The highest BCUT2D eigenvalue weighted by molar-refractivity contribution is 6.32. The van der Waals surface area contributed by atoms with Gasteiger partial charge >= 0.3 is 0 Å². The molecule has 2 aliphatic carbocycles. The molecule has 1 N–H and O–H groups in total. The van der Waals surface area contributed by atoms with E-state index in [1.807, 2.05) is 19.1 Å². The number of nitrogens with one attached hydrogen (secondary N) is 1. The van der Waals surface area contributed by atoms with E-state index in [1.165, 1.54) is 19.3 Å². The number of hydrogen-bond donors (Lipinski definition) is 1. The van der Waals surface area contributed by atoms with Gasteiger partial charge in [-0.15, -0.1) is 0 Å². The molecule has 3 atom stereocenters. The number of rotatable bonds is 4. The highest BCUT2D eigenvalue weighted by Gasteiger charge is 2.59. The molecule has 2 nitrogen and oxygen atoms in total. The van der Waals surface area contributed by atoms with Gasteiger partial charge in [-0.2, -0.15) is 0 Å². The number of halogens is 1. The second-order valence-corrected chi connectivity index (χ2v) is 7.98. The summed E-state index contributed by atoms with van der Waals surface area (Å²) in [6.45, 7) is 9.88. The Kier molecular flexibility index (Phi) is 3.64. The largest absolute Gasteiger partial charge is 0.492 e. The summed E-state index contributed by atoms with van der Waals surface area (Å²) in [6.07, 6.45) is 4.07. The Morgan fingerprint density at radius 2 is 2.10 bits per heavy atom. The van der Waals surface area contributed by atoms with E-state index in [0.717, 1.165) is 17.4 Å². The molecule has 0 aliphatic heterocycles. The number of hydrogen-bond acceptors (Lipinski definition) is 2. The van der Waals surface area contributed by atoms with Crippen LogP contribution in [0.15, 0.2) is 18.2 Å². The molecule has 3 heteroatoms. The fourth-order valence-electron chi connectivity index (χ4n) is 4.69. The SMILES string of the molecule is CCOc1ccc(NC2C3(C)CCC(C3)C2(C)C)cc1Cl. The second kappa shape index (κ2) is 5.08. The fraction of sp³-hybridized carbons (Fsp3) is 0.667. The Morgan fingerprint density at radius 1 is 1.33 bits per heavy atom. The number of anilines is 1. The zero-order valence-electron chi connectivity index (χ0n) is 13.5. The van der Waals surface area contributed by atoms with Gasteiger partial charge in [0.15, 0.2) is 0 Å². The van der Waals surface area contributed by atoms with E-state index in [-0.39, 0.29) is 0 Å². The smallest absolute Gasteiger partial charge is 0.138 e. The standard InChI is InChI=1S/C18H26ClNO/c1-5-21-15-7-6-13(10-14(15)19)20-16-17(2,3)12-8-9-18(16,4)11-12/h6-7,10,12,16,20H,5,8-9,11H2,1-4H3. The van der Waals surface area contributed by atoms with Gasteiger partial charge in [-0.1, -0.05) is 32.4 Å². The molecule has 0 heterocycles. The van der Waals surface area contributed by atoms with Gasteiger partial charge in [-0.25, -0.2) is 0 Å². The van der Waals surface area contributed by atoms with Crippen molar-refractivity contribution in [3.8, 4) is 5.75 Å². The summed E-state index contributed by atoms with van der Waals surface area (Å²) in [7, 11) is 0. The molecule has 2 aliphatic rings. The summed E-state index contributed by atoms with van der Waals surface area (Å²) < 4.78 is 5.51. The van der Waals surface area contributed by atoms with Crippen molar-refractivity contribution in [1.82, 2.24) is 0 Å². The first-order chi connectivity index (χ1) is 9.87. The third-order valence-corrected chi connectivity index (χ3v) is 6.11. The zero-order valence-corrected chi connectivity index (χ0v) is 14.3. The first kappa shape index (κ1) is 15.0. The van der Waals surface area contributed by atoms with Crippen molar-refractivity contribution >= 4 is 17.3 Å². The van der Waals surface area contributed by atoms with Crippen molar-refractivity contribution < 1.29 is 4.74 Å². The monoisotopic (exact) mass is 307 g/mol. The minimum absolute atomic E-state index is 0.345. The van der Waals surface area contributed by atoms with Crippen LogP contribution in [0.1, 0.15) is 47.0 Å². The Labute approximate surface area is 133 Å². The van der Waals surface area contributed by atoms with Crippen LogP contribution in [0.2, 0.25) is 5.02 Å². The number of fused-ring (bicyclic) bond motifs is 2. The van der Waals surface area contributed by atoms with E-state index < -0.39 is 0 Å². The van der Waals surface area contributed by atoms with Gasteiger partial charge in [-0.3, -0.25) is 0 Å². The molecule has 1 aromatic rings. The molecule has 0 aromatic heterocycles. The van der Waals surface area contributed by atoms with Crippen LogP contribution in [0.25, 0.3) is 0 Å². The molecule has 1 aromatic carbocycles. The molecule has 2 fully saturated rings. The highest BCUT2D eigenvalue weighted by Crippen LogP contribution is 2.63. The van der Waals surface area contributed by atoms with E-state index in [4.69, 9.17) is 16.3 Å². The third kappa shape index (κ3) is 2.42. The van der Waals surface area contributed by atoms with Crippen LogP contribution >= 0.6 is 11.6 Å². The Balaban J connectivity index is 1.82. The fourth-order valence-corrected chi connectivity index (χ4v) is 4.93. The summed E-state index contributed by atoms with van der Waals surface area (Å²) in [5.41, 5.74) is 1.87. The van der Waals surface area contributed by atoms with E-state index in [1.54, 1.807) is 0 Å². The van der Waals surface area contributed by atoms with Crippen molar-refractivity contribution in [3.63, 3.8) is 0 Å². The molecule has 116 valence electrons. The lowest BCUT2D eigenvalue weighted by molar-refractivity contribution is 0.155. The topological polar surface area (TPSA) is 21.3 Å². The molecule has 0 spiro atoms. The molecule has 0 saturated heterocycles. The maximum Gasteiger partial charge on any atom is 0.138 e. The minimum Gasteiger partial charge on any atom is -0.492 e. The van der Waals surface area contributed by atoms with E-state index in [0.29, 0.717) is 28.5 Å². The molecule has 0 radical (unpaired) electrons. The predicted molar refractivity (Wildman–Crippen MR) is 89.3 cm³/mol. The molecule has 2 bridgehead atoms. The lowest BCUT2D eigenvalue weighted by atomic mass is 9.68.